The summed E-state index contributed by atoms with van der Waals surface area (Å²) < 4.78 is 0. The molecule has 1 fully saturated rings. The number of nitrogens with zero attached hydrogens (tertiary/aromatic N) is 2. The summed E-state index contributed by atoms with van der Waals surface area (Å²) in [6.45, 7) is 14.0. The standard InChI is InChI=1S/C18H29N3O/c1-14(2)19-17(22)21-12-10-20(11-13-21)16-8-6-15(7-9-16)18(3,4)5/h6-9,14H,10-13H2,1-5H3,(H,19,22). The SMILES string of the molecule is CC(C)NC(=O)N1CCN(c2ccc(C(C)(C)C)cc2)CC1. The largest absolute Gasteiger partial charge is 0.368 e. The molecule has 0 bridgehead atoms. The van der Waals surface area contributed by atoms with Crippen molar-refractivity contribution in [2.75, 3.05) is 31.1 Å². The minimum absolute atomic E-state index is 0.0535. The number of urea groups is 1. The Kier molecular flexibility index (Phi) is 4.99. The molecule has 22 heavy (non-hydrogen) atoms. The van der Waals surface area contributed by atoms with Crippen molar-refractivity contribution in [3.63, 3.8) is 0 Å². The summed E-state index contributed by atoms with van der Waals surface area (Å²) in [6.07, 6.45) is 0. The smallest absolute Gasteiger partial charge is 0.317 e. The van der Waals surface area contributed by atoms with Gasteiger partial charge in [0.1, 0.15) is 0 Å². The van der Waals surface area contributed by atoms with Crippen molar-refractivity contribution in [1.82, 2.24) is 10.2 Å². The van der Waals surface area contributed by atoms with Crippen molar-refractivity contribution in [3.05, 3.63) is 29.8 Å². The Hall–Kier alpha value is -1.71. The minimum Gasteiger partial charge on any atom is -0.368 e. The third kappa shape index (κ3) is 4.15. The first-order valence-electron chi connectivity index (χ1n) is 8.18. The van der Waals surface area contributed by atoms with Crippen LogP contribution in [-0.2, 0) is 5.41 Å². The summed E-state index contributed by atoms with van der Waals surface area (Å²) in [5.41, 5.74) is 2.79. The third-order valence-electron chi connectivity index (χ3n) is 4.08. The zero-order chi connectivity index (χ0) is 16.3. The number of hydrogen-bond donors (Lipinski definition) is 1. The van der Waals surface area contributed by atoms with Gasteiger partial charge in [-0.1, -0.05) is 32.9 Å². The molecule has 2 amide bonds. The van der Waals surface area contributed by atoms with Crippen LogP contribution in [0.1, 0.15) is 40.2 Å². The van der Waals surface area contributed by atoms with Crippen molar-refractivity contribution in [2.24, 2.45) is 0 Å². The Morgan fingerprint density at radius 3 is 2.05 bits per heavy atom. The van der Waals surface area contributed by atoms with Gasteiger partial charge in [-0.2, -0.15) is 0 Å². The first kappa shape index (κ1) is 16.7. The van der Waals surface area contributed by atoms with E-state index < -0.39 is 0 Å². The van der Waals surface area contributed by atoms with Crippen molar-refractivity contribution in [2.45, 2.75) is 46.1 Å². The molecule has 1 heterocycles. The Balaban J connectivity index is 1.93. The maximum atomic E-state index is 12.0. The van der Waals surface area contributed by atoms with Gasteiger partial charge in [-0.05, 0) is 37.0 Å². The fraction of sp³-hybridized carbons (Fsp3) is 0.611. The van der Waals surface area contributed by atoms with Crippen LogP contribution in [0.4, 0.5) is 10.5 Å². The second-order valence-electron chi connectivity index (χ2n) is 7.38. The highest BCUT2D eigenvalue weighted by molar-refractivity contribution is 5.74. The monoisotopic (exact) mass is 303 g/mol. The van der Waals surface area contributed by atoms with Gasteiger partial charge in [-0.3, -0.25) is 0 Å². The Bertz CT molecular complexity index is 494. The number of rotatable bonds is 2. The quantitative estimate of drug-likeness (QED) is 0.910. The average molecular weight is 303 g/mol. The van der Waals surface area contributed by atoms with E-state index in [9.17, 15) is 4.79 Å². The Morgan fingerprint density at radius 2 is 1.59 bits per heavy atom. The summed E-state index contributed by atoms with van der Waals surface area (Å²) in [4.78, 5) is 16.3. The van der Waals surface area contributed by atoms with Crippen LogP contribution in [0.3, 0.4) is 0 Å². The Labute approximate surface area is 134 Å². The lowest BCUT2D eigenvalue weighted by Gasteiger charge is -2.36. The number of hydrogen-bond acceptors (Lipinski definition) is 2. The van der Waals surface area contributed by atoms with E-state index in [1.54, 1.807) is 0 Å². The molecule has 2 rings (SSSR count). The molecular formula is C18H29N3O. The van der Waals surface area contributed by atoms with Crippen LogP contribution in [0.5, 0.6) is 0 Å². The molecule has 1 aromatic carbocycles. The van der Waals surface area contributed by atoms with E-state index >= 15 is 0 Å². The molecule has 0 saturated carbocycles. The van der Waals surface area contributed by atoms with Crippen LogP contribution < -0.4 is 10.2 Å². The lowest BCUT2D eigenvalue weighted by molar-refractivity contribution is 0.192. The van der Waals surface area contributed by atoms with Crippen molar-refractivity contribution in [3.8, 4) is 0 Å². The molecule has 0 aromatic heterocycles. The van der Waals surface area contributed by atoms with Gasteiger partial charge in [0, 0.05) is 37.9 Å². The molecule has 4 nitrogen and oxygen atoms in total. The molecule has 1 aliphatic heterocycles. The van der Waals surface area contributed by atoms with Gasteiger partial charge in [-0.25, -0.2) is 4.79 Å². The maximum Gasteiger partial charge on any atom is 0.317 e. The summed E-state index contributed by atoms with van der Waals surface area (Å²) >= 11 is 0. The van der Waals surface area contributed by atoms with E-state index in [2.05, 4.69) is 55.3 Å². The van der Waals surface area contributed by atoms with Gasteiger partial charge in [0.2, 0.25) is 0 Å². The Morgan fingerprint density at radius 1 is 1.05 bits per heavy atom. The normalized spacial score (nSPS) is 16.1. The van der Waals surface area contributed by atoms with Gasteiger partial charge < -0.3 is 15.1 Å². The first-order valence-corrected chi connectivity index (χ1v) is 8.18. The fourth-order valence-electron chi connectivity index (χ4n) is 2.68. The van der Waals surface area contributed by atoms with Gasteiger partial charge in [0.05, 0.1) is 0 Å². The van der Waals surface area contributed by atoms with Gasteiger partial charge in [0.15, 0.2) is 0 Å². The second kappa shape index (κ2) is 6.59. The molecule has 0 spiro atoms. The summed E-state index contributed by atoms with van der Waals surface area (Å²) in [5.74, 6) is 0. The number of anilines is 1. The highest BCUT2D eigenvalue weighted by atomic mass is 16.2. The van der Waals surface area contributed by atoms with Gasteiger partial charge in [-0.15, -0.1) is 0 Å². The summed E-state index contributed by atoms with van der Waals surface area (Å²) in [6, 6.07) is 9.07. The predicted octanol–water partition coefficient (Wildman–Crippen LogP) is 3.22. The van der Waals surface area contributed by atoms with Crippen molar-refractivity contribution in [1.29, 1.82) is 0 Å². The van der Waals surface area contributed by atoms with E-state index in [0.717, 1.165) is 26.2 Å². The van der Waals surface area contributed by atoms with Crippen LogP contribution in [0, 0.1) is 0 Å². The van der Waals surface area contributed by atoms with Gasteiger partial charge >= 0.3 is 6.03 Å². The van der Waals surface area contributed by atoms with Crippen LogP contribution in [0.2, 0.25) is 0 Å². The summed E-state index contributed by atoms with van der Waals surface area (Å²) in [5, 5.41) is 2.96. The second-order valence-corrected chi connectivity index (χ2v) is 7.38. The van der Waals surface area contributed by atoms with E-state index in [-0.39, 0.29) is 17.5 Å². The van der Waals surface area contributed by atoms with E-state index in [1.165, 1.54) is 11.3 Å². The predicted molar refractivity (Wildman–Crippen MR) is 92.6 cm³/mol. The van der Waals surface area contributed by atoms with Crippen molar-refractivity contribution >= 4 is 11.7 Å². The minimum atomic E-state index is 0.0535. The van der Waals surface area contributed by atoms with Gasteiger partial charge in [0.25, 0.3) is 0 Å². The lowest BCUT2D eigenvalue weighted by atomic mass is 9.87. The number of amides is 2. The molecule has 1 N–H and O–H groups in total. The molecule has 1 aromatic rings. The first-order chi connectivity index (χ1) is 10.3. The molecule has 0 aliphatic carbocycles. The average Bonchev–Trinajstić information content (AvgIpc) is 2.46. The number of piperazine rings is 1. The molecule has 4 heteroatoms. The van der Waals surface area contributed by atoms with Crippen molar-refractivity contribution < 1.29 is 4.79 Å². The molecular weight excluding hydrogens is 274 g/mol. The lowest BCUT2D eigenvalue weighted by Crippen LogP contribution is -2.52. The fourth-order valence-corrected chi connectivity index (χ4v) is 2.68. The number of nitrogens with one attached hydrogen (secondary N) is 1. The van der Waals surface area contributed by atoms with Crippen LogP contribution >= 0.6 is 0 Å². The molecule has 122 valence electrons. The van der Waals surface area contributed by atoms with E-state index in [1.807, 2.05) is 18.7 Å². The molecule has 0 radical (unpaired) electrons. The summed E-state index contributed by atoms with van der Waals surface area (Å²) in [7, 11) is 0. The van der Waals surface area contributed by atoms with Crippen LogP contribution in [0.15, 0.2) is 24.3 Å². The topological polar surface area (TPSA) is 35.6 Å². The third-order valence-corrected chi connectivity index (χ3v) is 4.08. The molecule has 1 saturated heterocycles. The molecule has 1 aliphatic rings. The van der Waals surface area contributed by atoms with Crippen LogP contribution in [-0.4, -0.2) is 43.2 Å². The highest BCUT2D eigenvalue weighted by Gasteiger charge is 2.22. The number of benzene rings is 1. The highest BCUT2D eigenvalue weighted by Crippen LogP contribution is 2.25. The zero-order valence-corrected chi connectivity index (χ0v) is 14.5. The molecule has 0 unspecified atom stereocenters. The molecule has 0 atom stereocenters. The van der Waals surface area contributed by atoms with E-state index in [4.69, 9.17) is 0 Å². The van der Waals surface area contributed by atoms with Crippen LogP contribution in [0.25, 0.3) is 0 Å². The van der Waals surface area contributed by atoms with E-state index in [0.29, 0.717) is 0 Å². The zero-order valence-electron chi connectivity index (χ0n) is 14.5. The number of carbonyl (C=O) groups excluding carboxylic acids is 1. The number of carbonyl (C=O) groups is 1. The maximum absolute atomic E-state index is 12.0.